The Kier molecular flexibility index (Phi) is 4.63. The Labute approximate surface area is 153 Å². The zero-order chi connectivity index (χ0) is 17.9. The zero-order valence-electron chi connectivity index (χ0n) is 15.0. The summed E-state index contributed by atoms with van der Waals surface area (Å²) in [6.45, 7) is 7.65. The van der Waals surface area contributed by atoms with E-state index in [4.69, 9.17) is 4.42 Å². The number of amides is 1. The minimum Gasteiger partial charge on any atom is -0.451 e. The van der Waals surface area contributed by atoms with Crippen molar-refractivity contribution in [2.24, 2.45) is 0 Å². The van der Waals surface area contributed by atoms with Gasteiger partial charge >= 0.3 is 0 Å². The highest BCUT2D eigenvalue weighted by atomic mass is 16.3. The van der Waals surface area contributed by atoms with Crippen LogP contribution < -0.4 is 15.1 Å². The Morgan fingerprint density at radius 1 is 1.12 bits per heavy atom. The Hall–Kier alpha value is -2.79. The average molecular weight is 350 g/mol. The van der Waals surface area contributed by atoms with Crippen molar-refractivity contribution in [3.63, 3.8) is 0 Å². The SMILES string of the molecule is CC[NH+]1CCN(c2ccccc2NC(=O)c2cc3ccccc3o2)CC1. The molecule has 0 bridgehead atoms. The predicted octanol–water partition coefficient (Wildman–Crippen LogP) is 2.41. The number of nitrogens with zero attached hydrogens (tertiary/aromatic N) is 1. The van der Waals surface area contributed by atoms with Crippen molar-refractivity contribution in [2.45, 2.75) is 6.92 Å². The minimum absolute atomic E-state index is 0.216. The topological polar surface area (TPSA) is 49.9 Å². The van der Waals surface area contributed by atoms with E-state index in [1.54, 1.807) is 11.0 Å². The van der Waals surface area contributed by atoms with E-state index >= 15 is 0 Å². The summed E-state index contributed by atoms with van der Waals surface area (Å²) >= 11 is 0. The smallest absolute Gasteiger partial charge is 0.291 e. The van der Waals surface area contributed by atoms with Crippen molar-refractivity contribution in [3.05, 3.63) is 60.4 Å². The van der Waals surface area contributed by atoms with Gasteiger partial charge in [0, 0.05) is 5.39 Å². The van der Waals surface area contributed by atoms with Crippen molar-refractivity contribution in [2.75, 3.05) is 42.9 Å². The fourth-order valence-electron chi connectivity index (χ4n) is 3.55. The number of benzene rings is 2. The normalized spacial score (nSPS) is 15.3. The third kappa shape index (κ3) is 3.30. The van der Waals surface area contributed by atoms with Gasteiger partial charge in [0.1, 0.15) is 5.58 Å². The zero-order valence-corrected chi connectivity index (χ0v) is 15.0. The molecule has 134 valence electrons. The first-order valence-corrected chi connectivity index (χ1v) is 9.22. The number of likely N-dealkylation sites (N-methyl/N-ethyl adjacent to an activating group) is 1. The number of fused-ring (bicyclic) bond motifs is 1. The molecule has 0 aliphatic carbocycles. The predicted molar refractivity (Wildman–Crippen MR) is 104 cm³/mol. The largest absolute Gasteiger partial charge is 0.451 e. The molecule has 5 heteroatoms. The number of para-hydroxylation sites is 3. The number of quaternary nitrogens is 1. The number of piperazine rings is 1. The molecule has 2 N–H and O–H groups in total. The van der Waals surface area contributed by atoms with Gasteiger partial charge in [0.25, 0.3) is 5.91 Å². The molecule has 5 nitrogen and oxygen atoms in total. The molecule has 0 spiro atoms. The summed E-state index contributed by atoms with van der Waals surface area (Å²) in [4.78, 5) is 16.7. The quantitative estimate of drug-likeness (QED) is 0.760. The molecule has 26 heavy (non-hydrogen) atoms. The van der Waals surface area contributed by atoms with Gasteiger partial charge in [-0.25, -0.2) is 0 Å². The van der Waals surface area contributed by atoms with Crippen molar-refractivity contribution in [3.8, 4) is 0 Å². The molecule has 0 radical (unpaired) electrons. The fraction of sp³-hybridized carbons (Fsp3) is 0.286. The molecule has 1 aliphatic rings. The van der Waals surface area contributed by atoms with Gasteiger partial charge in [-0.15, -0.1) is 0 Å². The van der Waals surface area contributed by atoms with Crippen LogP contribution in [-0.2, 0) is 0 Å². The Balaban J connectivity index is 1.54. The number of nitrogens with one attached hydrogen (secondary N) is 2. The maximum atomic E-state index is 12.7. The van der Waals surface area contributed by atoms with Gasteiger partial charge in [-0.3, -0.25) is 4.79 Å². The van der Waals surface area contributed by atoms with E-state index in [0.717, 1.165) is 55.1 Å². The summed E-state index contributed by atoms with van der Waals surface area (Å²) in [5.74, 6) is 0.118. The summed E-state index contributed by atoms with van der Waals surface area (Å²) in [5, 5.41) is 3.96. The number of rotatable bonds is 4. The third-order valence-electron chi connectivity index (χ3n) is 5.11. The fourth-order valence-corrected chi connectivity index (χ4v) is 3.55. The lowest BCUT2D eigenvalue weighted by atomic mass is 10.2. The molecule has 0 saturated carbocycles. The van der Waals surface area contributed by atoms with Crippen LogP contribution in [0.4, 0.5) is 11.4 Å². The third-order valence-corrected chi connectivity index (χ3v) is 5.11. The number of hydrogen-bond acceptors (Lipinski definition) is 3. The van der Waals surface area contributed by atoms with Crippen LogP contribution in [0.15, 0.2) is 59.0 Å². The van der Waals surface area contributed by atoms with Crippen LogP contribution in [0.5, 0.6) is 0 Å². The van der Waals surface area contributed by atoms with Crippen LogP contribution in [0, 0.1) is 0 Å². The Bertz CT molecular complexity index is 877. The minimum atomic E-state index is -0.216. The highest BCUT2D eigenvalue weighted by Crippen LogP contribution is 2.27. The van der Waals surface area contributed by atoms with E-state index in [9.17, 15) is 4.79 Å². The van der Waals surface area contributed by atoms with Gasteiger partial charge in [-0.1, -0.05) is 30.3 Å². The van der Waals surface area contributed by atoms with E-state index in [1.807, 2.05) is 42.5 Å². The van der Waals surface area contributed by atoms with Crippen molar-refractivity contribution in [1.82, 2.24) is 0 Å². The molecular weight excluding hydrogens is 326 g/mol. The lowest BCUT2D eigenvalue weighted by Gasteiger charge is -2.34. The summed E-state index contributed by atoms with van der Waals surface area (Å²) in [6.07, 6.45) is 0. The Morgan fingerprint density at radius 2 is 1.85 bits per heavy atom. The highest BCUT2D eigenvalue weighted by molar-refractivity contribution is 6.06. The second-order valence-corrected chi connectivity index (χ2v) is 6.71. The maximum Gasteiger partial charge on any atom is 0.291 e. The molecule has 1 saturated heterocycles. The van der Waals surface area contributed by atoms with Gasteiger partial charge < -0.3 is 19.5 Å². The van der Waals surface area contributed by atoms with Crippen molar-refractivity contribution >= 4 is 28.3 Å². The molecule has 1 aliphatic heterocycles. The number of furan rings is 1. The average Bonchev–Trinajstić information content (AvgIpc) is 3.13. The summed E-state index contributed by atoms with van der Waals surface area (Å²) in [6, 6.07) is 17.4. The van der Waals surface area contributed by atoms with Crippen LogP contribution in [0.25, 0.3) is 11.0 Å². The van der Waals surface area contributed by atoms with Crippen molar-refractivity contribution < 1.29 is 14.1 Å². The van der Waals surface area contributed by atoms with Gasteiger partial charge in [0.15, 0.2) is 5.76 Å². The second kappa shape index (κ2) is 7.22. The summed E-state index contributed by atoms with van der Waals surface area (Å²) in [5.41, 5.74) is 2.63. The van der Waals surface area contributed by atoms with Gasteiger partial charge in [0.2, 0.25) is 0 Å². The highest BCUT2D eigenvalue weighted by Gasteiger charge is 2.21. The number of hydrogen-bond donors (Lipinski definition) is 2. The van der Waals surface area contributed by atoms with Crippen LogP contribution in [0.3, 0.4) is 0 Å². The first-order valence-electron chi connectivity index (χ1n) is 9.22. The van der Waals surface area contributed by atoms with Crippen molar-refractivity contribution in [1.29, 1.82) is 0 Å². The summed E-state index contributed by atoms with van der Waals surface area (Å²) in [7, 11) is 0. The monoisotopic (exact) mass is 350 g/mol. The van der Waals surface area contributed by atoms with Crippen LogP contribution >= 0.6 is 0 Å². The number of anilines is 2. The van der Waals surface area contributed by atoms with Crippen LogP contribution in [0.2, 0.25) is 0 Å². The van der Waals surface area contributed by atoms with Gasteiger partial charge in [0.05, 0.1) is 44.1 Å². The van der Waals surface area contributed by atoms with Gasteiger partial charge in [-0.2, -0.15) is 0 Å². The summed E-state index contributed by atoms with van der Waals surface area (Å²) < 4.78 is 5.69. The standard InChI is InChI=1S/C21H23N3O2/c1-2-23-11-13-24(14-12-23)18-9-5-4-8-17(18)22-21(25)20-15-16-7-3-6-10-19(16)26-20/h3-10,15H,2,11-14H2,1H3,(H,22,25)/p+1. The maximum absolute atomic E-state index is 12.7. The van der Waals surface area contributed by atoms with Crippen LogP contribution in [-0.4, -0.2) is 38.6 Å². The molecule has 1 amide bonds. The molecule has 0 unspecified atom stereocenters. The van der Waals surface area contributed by atoms with Gasteiger partial charge in [-0.05, 0) is 31.2 Å². The lowest BCUT2D eigenvalue weighted by molar-refractivity contribution is -0.898. The number of carbonyl (C=O) groups is 1. The lowest BCUT2D eigenvalue weighted by Crippen LogP contribution is -3.14. The molecule has 1 fully saturated rings. The second-order valence-electron chi connectivity index (χ2n) is 6.71. The van der Waals surface area contributed by atoms with Crippen LogP contribution in [0.1, 0.15) is 17.5 Å². The van der Waals surface area contributed by atoms with E-state index in [-0.39, 0.29) is 5.91 Å². The Morgan fingerprint density at radius 3 is 2.62 bits per heavy atom. The van der Waals surface area contributed by atoms with E-state index < -0.39 is 0 Å². The van der Waals surface area contributed by atoms with E-state index in [0.29, 0.717) is 5.76 Å². The molecule has 3 aromatic rings. The van der Waals surface area contributed by atoms with E-state index in [2.05, 4.69) is 23.2 Å². The van der Waals surface area contributed by atoms with E-state index in [1.165, 1.54) is 0 Å². The molecule has 1 aromatic heterocycles. The molecule has 0 atom stereocenters. The molecule has 2 heterocycles. The first kappa shape index (κ1) is 16.7. The molecule has 2 aromatic carbocycles. The number of carbonyl (C=O) groups excluding carboxylic acids is 1. The molecule has 4 rings (SSSR count). The first-order chi connectivity index (χ1) is 12.7. The molecular formula is C21H24N3O2+.